The van der Waals surface area contributed by atoms with Crippen molar-refractivity contribution in [1.82, 2.24) is 19.7 Å². The van der Waals surface area contributed by atoms with E-state index in [0.717, 1.165) is 47.1 Å². The Labute approximate surface area is 190 Å². The Kier molecular flexibility index (Phi) is 6.37. The van der Waals surface area contributed by atoms with Crippen LogP contribution in [0.2, 0.25) is 10.0 Å². The number of aryl methyl sites for hydroxylation is 1. The molecule has 2 heterocycles. The molecule has 0 spiro atoms. The summed E-state index contributed by atoms with van der Waals surface area (Å²) in [5.41, 5.74) is 2.81. The topological polar surface area (TPSA) is 51.0 Å². The molecule has 156 valence electrons. The second-order valence-corrected chi connectivity index (χ2v) is 9.17. The third-order valence-corrected chi connectivity index (χ3v) is 7.24. The van der Waals surface area contributed by atoms with Crippen LogP contribution in [0, 0.1) is 6.92 Å². The molecule has 8 heteroatoms. The predicted molar refractivity (Wildman–Crippen MR) is 121 cm³/mol. The molecule has 0 aliphatic carbocycles. The minimum Gasteiger partial charge on any atom is -0.328 e. The predicted octanol–water partition coefficient (Wildman–Crippen LogP) is 5.70. The van der Waals surface area contributed by atoms with Crippen LogP contribution >= 0.6 is 35.0 Å². The number of carbonyl (C=O) groups is 1. The van der Waals surface area contributed by atoms with Crippen LogP contribution in [0.25, 0.3) is 0 Å². The summed E-state index contributed by atoms with van der Waals surface area (Å²) in [5, 5.41) is 10.7. The molecule has 30 heavy (non-hydrogen) atoms. The average Bonchev–Trinajstić information content (AvgIpc) is 3.35. The van der Waals surface area contributed by atoms with Crippen molar-refractivity contribution in [3.05, 3.63) is 75.0 Å². The van der Waals surface area contributed by atoms with Gasteiger partial charge in [-0.1, -0.05) is 59.2 Å². The lowest BCUT2D eigenvalue weighted by Crippen LogP contribution is -2.32. The van der Waals surface area contributed by atoms with E-state index in [9.17, 15) is 4.79 Å². The molecule has 1 aliphatic heterocycles. The fourth-order valence-corrected chi connectivity index (χ4v) is 4.95. The van der Waals surface area contributed by atoms with Crippen molar-refractivity contribution in [1.29, 1.82) is 0 Å². The van der Waals surface area contributed by atoms with Gasteiger partial charge in [0.2, 0.25) is 0 Å². The maximum Gasteiger partial charge on any atom is 0.254 e. The molecule has 1 aromatic heterocycles. The van der Waals surface area contributed by atoms with Crippen molar-refractivity contribution in [2.24, 2.45) is 7.05 Å². The maximum atomic E-state index is 13.2. The second kappa shape index (κ2) is 9.00. The highest BCUT2D eigenvalue weighted by molar-refractivity contribution is 7.98. The first-order valence-electron chi connectivity index (χ1n) is 9.78. The van der Waals surface area contributed by atoms with Gasteiger partial charge in [0.15, 0.2) is 11.0 Å². The number of rotatable bonds is 5. The van der Waals surface area contributed by atoms with Crippen LogP contribution in [0.15, 0.2) is 47.6 Å². The van der Waals surface area contributed by atoms with Crippen molar-refractivity contribution in [3.63, 3.8) is 0 Å². The summed E-state index contributed by atoms with van der Waals surface area (Å²) in [6, 6.07) is 13.3. The van der Waals surface area contributed by atoms with Gasteiger partial charge < -0.3 is 9.47 Å². The number of halogens is 2. The normalized spacial score (nSPS) is 16.3. The Morgan fingerprint density at radius 1 is 1.17 bits per heavy atom. The molecule has 1 saturated heterocycles. The van der Waals surface area contributed by atoms with E-state index in [-0.39, 0.29) is 11.9 Å². The Morgan fingerprint density at radius 3 is 2.73 bits per heavy atom. The Morgan fingerprint density at radius 2 is 1.97 bits per heavy atom. The Balaban J connectivity index is 1.51. The van der Waals surface area contributed by atoms with Gasteiger partial charge in [-0.15, -0.1) is 10.2 Å². The van der Waals surface area contributed by atoms with E-state index in [4.69, 9.17) is 23.2 Å². The third-order valence-electron chi connectivity index (χ3n) is 5.41. The number of aromatic nitrogens is 3. The van der Waals surface area contributed by atoms with Gasteiger partial charge in [0, 0.05) is 24.9 Å². The quantitative estimate of drug-likeness (QED) is 0.458. The monoisotopic (exact) mass is 460 g/mol. The van der Waals surface area contributed by atoms with E-state index in [1.807, 2.05) is 59.8 Å². The summed E-state index contributed by atoms with van der Waals surface area (Å²) in [7, 11) is 1.96. The van der Waals surface area contributed by atoms with Crippen LogP contribution < -0.4 is 0 Å². The molecule has 1 aliphatic rings. The van der Waals surface area contributed by atoms with Crippen molar-refractivity contribution in [2.45, 2.75) is 36.7 Å². The van der Waals surface area contributed by atoms with E-state index in [1.54, 1.807) is 17.8 Å². The number of thioether (sulfide) groups is 1. The first kappa shape index (κ1) is 21.2. The van der Waals surface area contributed by atoms with E-state index in [0.29, 0.717) is 15.8 Å². The zero-order valence-electron chi connectivity index (χ0n) is 16.8. The van der Waals surface area contributed by atoms with Gasteiger partial charge in [0.05, 0.1) is 16.1 Å². The smallest absolute Gasteiger partial charge is 0.254 e. The molecule has 2 aromatic carbocycles. The van der Waals surface area contributed by atoms with E-state index >= 15 is 0 Å². The zero-order chi connectivity index (χ0) is 21.3. The van der Waals surface area contributed by atoms with Crippen LogP contribution in [0.3, 0.4) is 0 Å². The molecule has 1 atom stereocenters. The fourth-order valence-electron chi connectivity index (χ4n) is 3.77. The summed E-state index contributed by atoms with van der Waals surface area (Å²) in [5.74, 6) is 1.59. The molecular formula is C22H22Cl2N4OS. The van der Waals surface area contributed by atoms with Crippen molar-refractivity contribution < 1.29 is 4.79 Å². The van der Waals surface area contributed by atoms with Gasteiger partial charge in [0.1, 0.15) is 0 Å². The molecule has 5 nitrogen and oxygen atoms in total. The molecule has 1 fully saturated rings. The van der Waals surface area contributed by atoms with Crippen LogP contribution in [-0.2, 0) is 12.8 Å². The molecule has 4 rings (SSSR count). The van der Waals surface area contributed by atoms with E-state index < -0.39 is 0 Å². The lowest BCUT2D eigenvalue weighted by atomic mass is 10.1. The zero-order valence-corrected chi connectivity index (χ0v) is 19.1. The number of likely N-dealkylation sites (tertiary alicyclic amines) is 1. The molecular weight excluding hydrogens is 439 g/mol. The highest BCUT2D eigenvalue weighted by atomic mass is 35.5. The lowest BCUT2D eigenvalue weighted by molar-refractivity contribution is 0.0727. The van der Waals surface area contributed by atoms with Gasteiger partial charge in [0.25, 0.3) is 5.91 Å². The number of benzene rings is 2. The lowest BCUT2D eigenvalue weighted by Gasteiger charge is -2.24. The van der Waals surface area contributed by atoms with Crippen LogP contribution in [0.4, 0.5) is 0 Å². The highest BCUT2D eigenvalue weighted by Crippen LogP contribution is 2.34. The van der Waals surface area contributed by atoms with Gasteiger partial charge in [-0.05, 0) is 49.1 Å². The van der Waals surface area contributed by atoms with E-state index in [2.05, 4.69) is 10.2 Å². The largest absolute Gasteiger partial charge is 0.328 e. The third kappa shape index (κ3) is 4.22. The van der Waals surface area contributed by atoms with Gasteiger partial charge >= 0.3 is 0 Å². The SMILES string of the molecule is Cc1ccccc1C(=O)N1CCCC1c1nnc(SCc2ccc(Cl)c(Cl)c2)n1C. The number of carbonyl (C=O) groups excluding carboxylic acids is 1. The summed E-state index contributed by atoms with van der Waals surface area (Å²) in [6.07, 6.45) is 1.85. The first-order valence-corrected chi connectivity index (χ1v) is 11.5. The molecule has 0 radical (unpaired) electrons. The molecule has 0 N–H and O–H groups in total. The van der Waals surface area contributed by atoms with Crippen molar-refractivity contribution in [2.75, 3.05) is 6.54 Å². The Bertz CT molecular complexity index is 1080. The van der Waals surface area contributed by atoms with Crippen LogP contribution in [-0.4, -0.2) is 32.1 Å². The molecule has 0 saturated carbocycles. The minimum absolute atomic E-state index is 0.0589. The molecule has 1 amide bonds. The fraction of sp³-hybridized carbons (Fsp3) is 0.318. The first-order chi connectivity index (χ1) is 14.5. The number of amides is 1. The number of nitrogens with zero attached hydrogens (tertiary/aromatic N) is 4. The average molecular weight is 461 g/mol. The summed E-state index contributed by atoms with van der Waals surface area (Å²) < 4.78 is 2.00. The standard InChI is InChI=1S/C22H22Cl2N4OS/c1-14-6-3-4-7-16(14)21(29)28-11-5-8-19(28)20-25-26-22(27(20)2)30-13-15-9-10-17(23)18(24)12-15/h3-4,6-7,9-10,12,19H,5,8,11,13H2,1-2H3. The van der Waals surface area contributed by atoms with Crippen molar-refractivity contribution in [3.8, 4) is 0 Å². The Hall–Kier alpha value is -2.02. The number of hydrogen-bond donors (Lipinski definition) is 0. The minimum atomic E-state index is -0.0612. The summed E-state index contributed by atoms with van der Waals surface area (Å²) in [4.78, 5) is 15.1. The molecule has 0 bridgehead atoms. The van der Waals surface area contributed by atoms with Crippen molar-refractivity contribution >= 4 is 40.9 Å². The second-order valence-electron chi connectivity index (χ2n) is 7.41. The summed E-state index contributed by atoms with van der Waals surface area (Å²) >= 11 is 13.7. The number of hydrogen-bond acceptors (Lipinski definition) is 4. The highest BCUT2D eigenvalue weighted by Gasteiger charge is 2.34. The van der Waals surface area contributed by atoms with Crippen LogP contribution in [0.5, 0.6) is 0 Å². The summed E-state index contributed by atoms with van der Waals surface area (Å²) in [6.45, 7) is 2.70. The van der Waals surface area contributed by atoms with E-state index in [1.165, 1.54) is 0 Å². The van der Waals surface area contributed by atoms with Gasteiger partial charge in [-0.3, -0.25) is 4.79 Å². The van der Waals surface area contributed by atoms with Gasteiger partial charge in [-0.25, -0.2) is 0 Å². The van der Waals surface area contributed by atoms with Crippen LogP contribution in [0.1, 0.15) is 46.2 Å². The molecule has 3 aromatic rings. The molecule has 1 unspecified atom stereocenters. The van der Waals surface area contributed by atoms with Gasteiger partial charge in [-0.2, -0.15) is 0 Å². The maximum absolute atomic E-state index is 13.2.